The van der Waals surface area contributed by atoms with E-state index in [1.807, 2.05) is 0 Å². The van der Waals surface area contributed by atoms with Gasteiger partial charge in [0, 0.05) is 31.9 Å². The number of alkyl halides is 3. The largest absolute Gasteiger partial charge is 0.416 e. The van der Waals surface area contributed by atoms with E-state index in [1.165, 1.54) is 31.4 Å². The van der Waals surface area contributed by atoms with Gasteiger partial charge in [-0.2, -0.15) is 13.2 Å². The highest BCUT2D eigenvalue weighted by atomic mass is 35.5. The lowest BCUT2D eigenvalue weighted by molar-refractivity contribution is -0.137. The van der Waals surface area contributed by atoms with Gasteiger partial charge in [0.05, 0.1) is 5.56 Å². The Labute approximate surface area is 166 Å². The van der Waals surface area contributed by atoms with Gasteiger partial charge in [-0.15, -0.1) is 24.8 Å². The van der Waals surface area contributed by atoms with E-state index in [1.54, 1.807) is 6.07 Å². The molecule has 3 rings (SSSR count). The Kier molecular flexibility index (Phi) is 9.51. The average Bonchev–Trinajstić information content (AvgIpc) is 2.61. The molecule has 2 saturated heterocycles. The van der Waals surface area contributed by atoms with E-state index in [2.05, 4.69) is 15.1 Å². The highest BCUT2D eigenvalue weighted by molar-refractivity contribution is 5.85. The molecule has 26 heavy (non-hydrogen) atoms. The van der Waals surface area contributed by atoms with E-state index >= 15 is 0 Å². The van der Waals surface area contributed by atoms with Gasteiger partial charge >= 0.3 is 6.18 Å². The van der Waals surface area contributed by atoms with Crippen molar-refractivity contribution in [2.45, 2.75) is 25.4 Å². The minimum absolute atomic E-state index is 0. The monoisotopic (exact) mass is 413 g/mol. The molecule has 0 aliphatic carbocycles. The Hall–Kier alpha value is -0.690. The zero-order valence-electron chi connectivity index (χ0n) is 14.8. The second kappa shape index (κ2) is 10.6. The summed E-state index contributed by atoms with van der Waals surface area (Å²) in [5, 5.41) is 3.39. The van der Waals surface area contributed by atoms with Gasteiger partial charge in [0.2, 0.25) is 0 Å². The molecule has 1 N–H and O–H groups in total. The van der Waals surface area contributed by atoms with Crippen LogP contribution >= 0.6 is 24.8 Å². The number of hydrogen-bond donors (Lipinski definition) is 1. The number of nitrogens with one attached hydrogen (secondary N) is 1. The molecule has 0 atom stereocenters. The molecule has 0 unspecified atom stereocenters. The van der Waals surface area contributed by atoms with Gasteiger partial charge in [0.15, 0.2) is 0 Å². The summed E-state index contributed by atoms with van der Waals surface area (Å²) in [5.41, 5.74) is 0.121. The minimum Gasteiger partial charge on any atom is -0.369 e. The first-order valence-corrected chi connectivity index (χ1v) is 8.87. The molecule has 0 spiro atoms. The van der Waals surface area contributed by atoms with Crippen molar-refractivity contribution in [1.29, 1.82) is 0 Å². The highest BCUT2D eigenvalue weighted by Gasteiger charge is 2.31. The maximum Gasteiger partial charge on any atom is 0.416 e. The summed E-state index contributed by atoms with van der Waals surface area (Å²) in [7, 11) is 0. The summed E-state index contributed by atoms with van der Waals surface area (Å²) in [4.78, 5) is 4.52. The first-order valence-electron chi connectivity index (χ1n) is 8.87. The lowest BCUT2D eigenvalue weighted by atomic mass is 9.94. The first-order chi connectivity index (χ1) is 11.5. The highest BCUT2D eigenvalue weighted by Crippen LogP contribution is 2.31. The van der Waals surface area contributed by atoms with Crippen LogP contribution < -0.4 is 10.2 Å². The third-order valence-corrected chi connectivity index (χ3v) is 5.22. The molecule has 2 aliphatic heterocycles. The first kappa shape index (κ1) is 23.3. The summed E-state index contributed by atoms with van der Waals surface area (Å²) in [5.74, 6) is 0.827. The smallest absolute Gasteiger partial charge is 0.369 e. The molecule has 2 fully saturated rings. The summed E-state index contributed by atoms with van der Waals surface area (Å²) >= 11 is 0. The second-order valence-corrected chi connectivity index (χ2v) is 6.86. The number of piperidine rings is 1. The Balaban J connectivity index is 0.00000169. The lowest BCUT2D eigenvalue weighted by Gasteiger charge is -2.37. The van der Waals surface area contributed by atoms with Crippen molar-refractivity contribution >= 4 is 30.5 Å². The van der Waals surface area contributed by atoms with Gasteiger partial charge in [0.1, 0.15) is 0 Å². The van der Waals surface area contributed by atoms with E-state index in [4.69, 9.17) is 0 Å². The van der Waals surface area contributed by atoms with E-state index in [0.717, 1.165) is 57.8 Å². The number of rotatable bonds is 4. The van der Waals surface area contributed by atoms with Gasteiger partial charge in [-0.05, 0) is 63.0 Å². The molecular formula is C18H28Cl2F3N3. The van der Waals surface area contributed by atoms with Crippen molar-refractivity contribution in [2.24, 2.45) is 5.92 Å². The molecule has 2 heterocycles. The molecule has 1 aromatic rings. The van der Waals surface area contributed by atoms with E-state index in [9.17, 15) is 13.2 Å². The van der Waals surface area contributed by atoms with Crippen LogP contribution in [0.1, 0.15) is 24.8 Å². The van der Waals surface area contributed by atoms with Crippen LogP contribution in [0.4, 0.5) is 18.9 Å². The Bertz CT molecular complexity index is 529. The number of hydrogen-bond acceptors (Lipinski definition) is 3. The number of nitrogens with zero attached hydrogens (tertiary/aromatic N) is 2. The normalized spacial score (nSPS) is 19.6. The minimum atomic E-state index is -4.27. The molecule has 0 radical (unpaired) electrons. The van der Waals surface area contributed by atoms with Crippen molar-refractivity contribution in [3.8, 4) is 0 Å². The van der Waals surface area contributed by atoms with Crippen molar-refractivity contribution in [3.63, 3.8) is 0 Å². The summed E-state index contributed by atoms with van der Waals surface area (Å²) in [6.45, 7) is 6.84. The van der Waals surface area contributed by atoms with Crippen LogP contribution in [0.2, 0.25) is 0 Å². The fourth-order valence-corrected chi connectivity index (χ4v) is 3.64. The summed E-state index contributed by atoms with van der Waals surface area (Å²) in [6, 6.07) is 5.69. The zero-order chi connectivity index (χ0) is 17.0. The standard InChI is InChI=1S/C18H26F3N3.2ClH/c19-18(20,21)16-2-1-3-17(14-16)24-12-10-23(11-13-24)9-6-15-4-7-22-8-5-15;;/h1-3,14-15,22H,4-13H2;2*1H. The molecule has 0 saturated carbocycles. The quantitative estimate of drug-likeness (QED) is 0.802. The fourth-order valence-electron chi connectivity index (χ4n) is 3.64. The van der Waals surface area contributed by atoms with E-state index in [0.29, 0.717) is 5.69 Å². The van der Waals surface area contributed by atoms with Gasteiger partial charge in [-0.25, -0.2) is 0 Å². The number of anilines is 1. The van der Waals surface area contributed by atoms with Gasteiger partial charge < -0.3 is 10.2 Å². The molecule has 0 bridgehead atoms. The van der Waals surface area contributed by atoms with Crippen LogP contribution in [0.3, 0.4) is 0 Å². The lowest BCUT2D eigenvalue weighted by Crippen LogP contribution is -2.47. The molecule has 150 valence electrons. The average molecular weight is 414 g/mol. The SMILES string of the molecule is Cl.Cl.FC(F)(F)c1cccc(N2CCN(CCC3CCNCC3)CC2)c1. The zero-order valence-corrected chi connectivity index (χ0v) is 16.4. The molecule has 2 aliphatic rings. The van der Waals surface area contributed by atoms with Crippen LogP contribution in [0.5, 0.6) is 0 Å². The van der Waals surface area contributed by atoms with Crippen molar-refractivity contribution in [1.82, 2.24) is 10.2 Å². The van der Waals surface area contributed by atoms with Crippen LogP contribution in [0, 0.1) is 5.92 Å². The van der Waals surface area contributed by atoms with E-state index in [-0.39, 0.29) is 24.8 Å². The van der Waals surface area contributed by atoms with Crippen molar-refractivity contribution in [3.05, 3.63) is 29.8 Å². The number of piperazine rings is 1. The molecule has 0 amide bonds. The molecule has 3 nitrogen and oxygen atoms in total. The third-order valence-electron chi connectivity index (χ3n) is 5.22. The Morgan fingerprint density at radius 3 is 2.27 bits per heavy atom. The number of halogens is 5. The summed E-state index contributed by atoms with van der Waals surface area (Å²) in [6.07, 6.45) is -0.494. The third kappa shape index (κ3) is 6.48. The van der Waals surface area contributed by atoms with Crippen molar-refractivity contribution < 1.29 is 13.2 Å². The molecule has 8 heteroatoms. The molecule has 0 aromatic heterocycles. The predicted molar refractivity (Wildman–Crippen MR) is 105 cm³/mol. The van der Waals surface area contributed by atoms with E-state index < -0.39 is 11.7 Å². The van der Waals surface area contributed by atoms with Gasteiger partial charge in [0.25, 0.3) is 0 Å². The topological polar surface area (TPSA) is 18.5 Å². The van der Waals surface area contributed by atoms with Gasteiger partial charge in [-0.1, -0.05) is 6.07 Å². The number of benzene rings is 1. The van der Waals surface area contributed by atoms with Crippen LogP contribution in [0.15, 0.2) is 24.3 Å². The second-order valence-electron chi connectivity index (χ2n) is 6.86. The van der Waals surface area contributed by atoms with Crippen LogP contribution in [0.25, 0.3) is 0 Å². The maximum atomic E-state index is 12.8. The summed E-state index contributed by atoms with van der Waals surface area (Å²) < 4.78 is 38.5. The fraction of sp³-hybridized carbons (Fsp3) is 0.667. The van der Waals surface area contributed by atoms with Crippen molar-refractivity contribution in [2.75, 3.05) is 50.7 Å². The van der Waals surface area contributed by atoms with Crippen LogP contribution in [-0.4, -0.2) is 50.7 Å². The Morgan fingerprint density at radius 1 is 1.00 bits per heavy atom. The maximum absolute atomic E-state index is 12.8. The Morgan fingerprint density at radius 2 is 1.65 bits per heavy atom. The predicted octanol–water partition coefficient (Wildman–Crippen LogP) is 4.06. The van der Waals surface area contributed by atoms with Crippen LogP contribution in [-0.2, 0) is 6.18 Å². The van der Waals surface area contributed by atoms with Gasteiger partial charge in [-0.3, -0.25) is 4.90 Å². The molecule has 1 aromatic carbocycles. The molecular weight excluding hydrogens is 386 g/mol.